The molecule has 0 fully saturated rings. The lowest BCUT2D eigenvalue weighted by atomic mass is 10.2. The Morgan fingerprint density at radius 1 is 1.20 bits per heavy atom. The molecule has 10 nitrogen and oxygen atoms in total. The van der Waals surface area contributed by atoms with Crippen LogP contribution in [0.3, 0.4) is 0 Å². The van der Waals surface area contributed by atoms with E-state index in [0.717, 1.165) is 9.04 Å². The normalized spacial score (nSPS) is 11.7. The number of halogens is 1. The molecule has 0 unspecified atom stereocenters. The van der Waals surface area contributed by atoms with E-state index in [1.165, 1.54) is 29.4 Å². The zero-order valence-electron chi connectivity index (χ0n) is 16.5. The Labute approximate surface area is 178 Å². The van der Waals surface area contributed by atoms with E-state index in [2.05, 4.69) is 26.3 Å². The first kappa shape index (κ1) is 21.2. The van der Waals surface area contributed by atoms with Crippen molar-refractivity contribution >= 4 is 44.5 Å². The van der Waals surface area contributed by atoms with Gasteiger partial charge in [0.1, 0.15) is 11.1 Å². The largest absolute Gasteiger partial charge is 0.507 e. The molecule has 0 aliphatic carbocycles. The van der Waals surface area contributed by atoms with Crippen molar-refractivity contribution in [1.29, 1.82) is 0 Å². The van der Waals surface area contributed by atoms with Crippen LogP contribution in [0.5, 0.6) is 0 Å². The number of nitrogens with one attached hydrogen (secondary N) is 1. The monoisotopic (exact) mass is 475 g/mol. The SMILES string of the molecule is Cn1nc2c(c1CC(=O)NC(=[NH2+])/C=C(\O)c1ccc(Br)cc1)c(=O)n(C)c(=O)n2C. The number of aryl methyl sites for hydroxylation is 2. The number of rotatable bonds is 4. The number of aromatic nitrogens is 4. The summed E-state index contributed by atoms with van der Waals surface area (Å²) in [5, 5.41) is 22.8. The molecule has 0 bridgehead atoms. The molecule has 1 aromatic carbocycles. The molecule has 3 aromatic rings. The molecule has 156 valence electrons. The van der Waals surface area contributed by atoms with Crippen molar-refractivity contribution in [2.45, 2.75) is 6.42 Å². The second-order valence-electron chi connectivity index (χ2n) is 6.69. The molecule has 0 spiro atoms. The molecule has 2 heterocycles. The molecule has 0 aliphatic rings. The van der Waals surface area contributed by atoms with Gasteiger partial charge in [0.05, 0.1) is 18.2 Å². The first-order valence-electron chi connectivity index (χ1n) is 8.80. The Hall–Kier alpha value is -3.47. The molecule has 0 atom stereocenters. The number of fused-ring (bicyclic) bond motifs is 1. The fraction of sp³-hybridized carbons (Fsp3) is 0.211. The third kappa shape index (κ3) is 3.96. The lowest BCUT2D eigenvalue weighted by molar-refractivity contribution is -0.127. The Balaban J connectivity index is 1.84. The van der Waals surface area contributed by atoms with Gasteiger partial charge in [-0.15, -0.1) is 0 Å². The van der Waals surface area contributed by atoms with Gasteiger partial charge in [0, 0.05) is 31.2 Å². The summed E-state index contributed by atoms with van der Waals surface area (Å²) in [6.45, 7) is 0. The van der Waals surface area contributed by atoms with Gasteiger partial charge in [-0.1, -0.05) is 28.1 Å². The predicted octanol–water partition coefficient (Wildman–Crippen LogP) is -0.851. The average Bonchev–Trinajstić information content (AvgIpc) is 3.01. The van der Waals surface area contributed by atoms with E-state index >= 15 is 0 Å². The zero-order valence-corrected chi connectivity index (χ0v) is 18.1. The molecule has 0 saturated carbocycles. The minimum absolute atomic E-state index is 0.0628. The van der Waals surface area contributed by atoms with Crippen LogP contribution >= 0.6 is 15.9 Å². The van der Waals surface area contributed by atoms with E-state index in [0.29, 0.717) is 11.3 Å². The summed E-state index contributed by atoms with van der Waals surface area (Å²) in [6.07, 6.45) is 1.03. The Morgan fingerprint density at radius 3 is 2.47 bits per heavy atom. The third-order valence-electron chi connectivity index (χ3n) is 4.60. The molecule has 0 aliphatic heterocycles. The third-order valence-corrected chi connectivity index (χ3v) is 5.13. The van der Waals surface area contributed by atoms with Crippen LogP contribution in [0.1, 0.15) is 11.3 Å². The molecular weight excluding hydrogens is 456 g/mol. The molecule has 2 aromatic heterocycles. The quantitative estimate of drug-likeness (QED) is 0.256. The predicted molar refractivity (Wildman–Crippen MR) is 115 cm³/mol. The van der Waals surface area contributed by atoms with E-state index in [4.69, 9.17) is 5.41 Å². The van der Waals surface area contributed by atoms with E-state index in [1.807, 2.05) is 0 Å². The lowest BCUT2D eigenvalue weighted by Crippen LogP contribution is -2.50. The first-order valence-corrected chi connectivity index (χ1v) is 9.60. The topological polar surface area (TPSA) is 137 Å². The Morgan fingerprint density at radius 2 is 1.83 bits per heavy atom. The van der Waals surface area contributed by atoms with E-state index in [1.54, 1.807) is 31.3 Å². The number of nitrogens with zero attached hydrogens (tertiary/aromatic N) is 4. The number of carbonyl (C=O) groups excluding carboxylic acids is 1. The Kier molecular flexibility index (Phi) is 5.74. The lowest BCUT2D eigenvalue weighted by Gasteiger charge is -2.03. The summed E-state index contributed by atoms with van der Waals surface area (Å²) < 4.78 is 4.45. The second-order valence-corrected chi connectivity index (χ2v) is 7.61. The van der Waals surface area contributed by atoms with Crippen LogP contribution in [0.15, 0.2) is 44.4 Å². The molecule has 30 heavy (non-hydrogen) atoms. The molecule has 11 heteroatoms. The summed E-state index contributed by atoms with van der Waals surface area (Å²) in [5.74, 6) is -0.685. The number of hydrogen-bond acceptors (Lipinski definition) is 5. The van der Waals surface area contributed by atoms with Crippen molar-refractivity contribution in [2.24, 2.45) is 21.1 Å². The van der Waals surface area contributed by atoms with Gasteiger partial charge in [-0.3, -0.25) is 24.0 Å². The number of hydrogen-bond donors (Lipinski definition) is 3. The van der Waals surface area contributed by atoms with Crippen LogP contribution in [0.4, 0.5) is 0 Å². The van der Waals surface area contributed by atoms with Gasteiger partial charge in [-0.05, 0) is 12.1 Å². The number of amides is 1. The summed E-state index contributed by atoms with van der Waals surface area (Å²) >= 11 is 3.31. The van der Waals surface area contributed by atoms with Gasteiger partial charge in [0.15, 0.2) is 5.65 Å². The standard InChI is InChI=1S/C19H19BrN6O4/c1-24-17-16(18(29)25(2)19(24)30)12(26(3)23-17)8-15(28)22-14(21)9-13(27)10-4-6-11(20)7-5-10/h4-7,9,27H,8H2,1-3H3,(H2,21,22,28)/p+1/b13-9-. The van der Waals surface area contributed by atoms with E-state index in [-0.39, 0.29) is 29.0 Å². The van der Waals surface area contributed by atoms with Gasteiger partial charge in [-0.25, -0.2) is 14.9 Å². The van der Waals surface area contributed by atoms with Crippen LogP contribution in [0.25, 0.3) is 16.8 Å². The highest BCUT2D eigenvalue weighted by atomic mass is 79.9. The van der Waals surface area contributed by atoms with Crippen LogP contribution in [-0.2, 0) is 32.4 Å². The highest BCUT2D eigenvalue weighted by molar-refractivity contribution is 9.10. The summed E-state index contributed by atoms with van der Waals surface area (Å²) in [5.41, 5.74) is 0.0182. The van der Waals surface area contributed by atoms with Crippen LogP contribution in [-0.4, -0.2) is 35.8 Å². The van der Waals surface area contributed by atoms with Gasteiger partial charge in [0.25, 0.3) is 11.4 Å². The molecule has 1 amide bonds. The van der Waals surface area contributed by atoms with E-state index < -0.39 is 17.2 Å². The Bertz CT molecular complexity index is 1310. The fourth-order valence-electron chi connectivity index (χ4n) is 3.01. The van der Waals surface area contributed by atoms with Crippen LogP contribution < -0.4 is 22.0 Å². The van der Waals surface area contributed by atoms with Crippen molar-refractivity contribution in [2.75, 3.05) is 0 Å². The number of benzene rings is 1. The first-order chi connectivity index (χ1) is 14.1. The highest BCUT2D eigenvalue weighted by Gasteiger charge is 2.22. The molecule has 0 radical (unpaired) electrons. The minimum atomic E-state index is -0.534. The summed E-state index contributed by atoms with van der Waals surface area (Å²) in [7, 11) is 4.45. The minimum Gasteiger partial charge on any atom is -0.507 e. The van der Waals surface area contributed by atoms with Gasteiger partial charge in [0.2, 0.25) is 0 Å². The van der Waals surface area contributed by atoms with Crippen LogP contribution in [0.2, 0.25) is 0 Å². The van der Waals surface area contributed by atoms with Crippen molar-refractivity contribution in [3.63, 3.8) is 0 Å². The van der Waals surface area contributed by atoms with Crippen LogP contribution in [0, 0.1) is 0 Å². The summed E-state index contributed by atoms with van der Waals surface area (Å²) in [6, 6.07) is 6.89. The molecule has 4 N–H and O–H groups in total. The number of carbonyl (C=O) groups is 1. The summed E-state index contributed by atoms with van der Waals surface area (Å²) in [4.78, 5) is 37.1. The smallest absolute Gasteiger partial charge is 0.332 e. The number of nitrogens with two attached hydrogens (primary N) is 1. The van der Waals surface area contributed by atoms with Crippen molar-refractivity contribution in [3.8, 4) is 0 Å². The maximum absolute atomic E-state index is 12.6. The zero-order chi connectivity index (χ0) is 22.2. The number of amidine groups is 1. The van der Waals surface area contributed by atoms with E-state index in [9.17, 15) is 19.5 Å². The van der Waals surface area contributed by atoms with Gasteiger partial charge >= 0.3 is 11.6 Å². The molecule has 0 saturated heterocycles. The maximum atomic E-state index is 12.6. The molecule has 3 rings (SSSR count). The fourth-order valence-corrected chi connectivity index (χ4v) is 3.28. The average molecular weight is 476 g/mol. The number of aliphatic hydroxyl groups excluding tert-OH is 1. The second kappa shape index (κ2) is 8.11. The van der Waals surface area contributed by atoms with Crippen molar-refractivity contribution in [3.05, 3.63) is 66.9 Å². The maximum Gasteiger partial charge on any atom is 0.332 e. The van der Waals surface area contributed by atoms with Crippen molar-refractivity contribution < 1.29 is 15.3 Å². The van der Waals surface area contributed by atoms with Gasteiger partial charge in [-0.2, -0.15) is 5.10 Å². The van der Waals surface area contributed by atoms with Crippen molar-refractivity contribution in [1.82, 2.24) is 24.2 Å². The molecular formula is C19H20BrN6O4+. The number of aliphatic hydroxyl groups is 1. The van der Waals surface area contributed by atoms with Gasteiger partial charge < -0.3 is 5.11 Å². The highest BCUT2D eigenvalue weighted by Crippen LogP contribution is 2.16.